The summed E-state index contributed by atoms with van der Waals surface area (Å²) in [6.07, 6.45) is 3.29. The Morgan fingerprint density at radius 2 is 2.22 bits per heavy atom. The van der Waals surface area contributed by atoms with E-state index < -0.39 is 5.60 Å². The lowest BCUT2D eigenvalue weighted by Gasteiger charge is -2.24. The number of methoxy groups -OCH3 is 1. The molecule has 0 aliphatic heterocycles. The SMILES string of the molecule is CCOc1cncc(C(C)(O)CNCCOC)c1. The van der Waals surface area contributed by atoms with Crippen LogP contribution >= 0.6 is 0 Å². The maximum atomic E-state index is 10.4. The largest absolute Gasteiger partial charge is 0.492 e. The fourth-order valence-corrected chi connectivity index (χ4v) is 1.57. The molecule has 0 amide bonds. The Balaban J connectivity index is 2.62. The predicted molar refractivity (Wildman–Crippen MR) is 69.7 cm³/mol. The first-order chi connectivity index (χ1) is 8.60. The normalized spacial score (nSPS) is 14.2. The summed E-state index contributed by atoms with van der Waals surface area (Å²) in [5.41, 5.74) is -0.244. The molecule has 102 valence electrons. The third-order valence-corrected chi connectivity index (χ3v) is 2.60. The summed E-state index contributed by atoms with van der Waals surface area (Å²) < 4.78 is 10.3. The van der Waals surface area contributed by atoms with Crippen LogP contribution in [0.15, 0.2) is 18.5 Å². The van der Waals surface area contributed by atoms with Gasteiger partial charge in [0, 0.05) is 32.0 Å². The fraction of sp³-hybridized carbons (Fsp3) is 0.615. The van der Waals surface area contributed by atoms with Gasteiger partial charge < -0.3 is 19.9 Å². The Morgan fingerprint density at radius 1 is 1.44 bits per heavy atom. The summed E-state index contributed by atoms with van der Waals surface area (Å²) >= 11 is 0. The highest BCUT2D eigenvalue weighted by atomic mass is 16.5. The van der Waals surface area contributed by atoms with E-state index >= 15 is 0 Å². The van der Waals surface area contributed by atoms with Crippen LogP contribution in [0.1, 0.15) is 19.4 Å². The van der Waals surface area contributed by atoms with E-state index in [1.807, 2.05) is 13.0 Å². The van der Waals surface area contributed by atoms with Gasteiger partial charge >= 0.3 is 0 Å². The molecule has 1 atom stereocenters. The second-order valence-corrected chi connectivity index (χ2v) is 4.29. The van der Waals surface area contributed by atoms with Crippen LogP contribution in [0.3, 0.4) is 0 Å². The van der Waals surface area contributed by atoms with E-state index in [9.17, 15) is 5.11 Å². The van der Waals surface area contributed by atoms with Crippen molar-refractivity contribution < 1.29 is 14.6 Å². The van der Waals surface area contributed by atoms with Crippen molar-refractivity contribution >= 4 is 0 Å². The summed E-state index contributed by atoms with van der Waals surface area (Å²) in [5, 5.41) is 13.5. The number of nitrogens with zero attached hydrogens (tertiary/aromatic N) is 1. The first-order valence-corrected chi connectivity index (χ1v) is 6.10. The molecule has 5 nitrogen and oxygen atoms in total. The van der Waals surface area contributed by atoms with E-state index in [-0.39, 0.29) is 0 Å². The molecule has 0 saturated heterocycles. The number of rotatable bonds is 8. The number of ether oxygens (including phenoxy) is 2. The first kappa shape index (κ1) is 14.9. The maximum absolute atomic E-state index is 10.4. The molecule has 1 aromatic rings. The van der Waals surface area contributed by atoms with Gasteiger partial charge in [-0.15, -0.1) is 0 Å². The van der Waals surface area contributed by atoms with E-state index in [1.165, 1.54) is 0 Å². The molecule has 0 bridgehead atoms. The highest BCUT2D eigenvalue weighted by molar-refractivity contribution is 5.27. The molecular weight excluding hydrogens is 232 g/mol. The van der Waals surface area contributed by atoms with Crippen molar-refractivity contribution in [3.8, 4) is 5.75 Å². The Labute approximate surface area is 108 Å². The van der Waals surface area contributed by atoms with E-state index in [0.717, 1.165) is 5.56 Å². The molecular formula is C13H22N2O3. The number of aromatic nitrogens is 1. The van der Waals surface area contributed by atoms with Crippen molar-refractivity contribution in [3.63, 3.8) is 0 Å². The van der Waals surface area contributed by atoms with Crippen LogP contribution in [0.5, 0.6) is 5.75 Å². The molecule has 1 heterocycles. The molecule has 0 aliphatic rings. The third kappa shape index (κ3) is 4.60. The minimum atomic E-state index is -0.978. The van der Waals surface area contributed by atoms with Crippen molar-refractivity contribution in [2.75, 3.05) is 33.4 Å². The molecule has 2 N–H and O–H groups in total. The monoisotopic (exact) mass is 254 g/mol. The van der Waals surface area contributed by atoms with Gasteiger partial charge in [0.15, 0.2) is 0 Å². The Bertz CT molecular complexity index is 356. The topological polar surface area (TPSA) is 63.6 Å². The maximum Gasteiger partial charge on any atom is 0.137 e. The molecule has 1 rings (SSSR count). The molecule has 0 fully saturated rings. The fourth-order valence-electron chi connectivity index (χ4n) is 1.57. The Morgan fingerprint density at radius 3 is 2.89 bits per heavy atom. The van der Waals surface area contributed by atoms with E-state index in [4.69, 9.17) is 9.47 Å². The molecule has 1 aromatic heterocycles. The van der Waals surface area contributed by atoms with Gasteiger partial charge in [-0.2, -0.15) is 0 Å². The van der Waals surface area contributed by atoms with Gasteiger partial charge in [0.25, 0.3) is 0 Å². The lowest BCUT2D eigenvalue weighted by Crippen LogP contribution is -2.36. The first-order valence-electron chi connectivity index (χ1n) is 6.10. The van der Waals surface area contributed by atoms with Crippen LogP contribution < -0.4 is 10.1 Å². The van der Waals surface area contributed by atoms with Crippen LogP contribution in [0.2, 0.25) is 0 Å². The molecule has 18 heavy (non-hydrogen) atoms. The molecule has 5 heteroatoms. The zero-order chi connectivity index (χ0) is 13.4. The van der Waals surface area contributed by atoms with E-state index in [0.29, 0.717) is 32.1 Å². The zero-order valence-corrected chi connectivity index (χ0v) is 11.3. The lowest BCUT2D eigenvalue weighted by molar-refractivity contribution is 0.0543. The van der Waals surface area contributed by atoms with Gasteiger partial charge in [-0.1, -0.05) is 0 Å². The lowest BCUT2D eigenvalue weighted by atomic mass is 9.97. The summed E-state index contributed by atoms with van der Waals surface area (Å²) in [4.78, 5) is 4.08. The minimum absolute atomic E-state index is 0.438. The standard InChI is InChI=1S/C13H22N2O3/c1-4-18-12-7-11(8-15-9-12)13(2,16)10-14-5-6-17-3/h7-9,14,16H,4-6,10H2,1-3H3. The van der Waals surface area contributed by atoms with Crippen LogP contribution in [0, 0.1) is 0 Å². The second kappa shape index (κ2) is 7.31. The Kier molecular flexibility index (Phi) is 6.04. The highest BCUT2D eigenvalue weighted by Gasteiger charge is 2.23. The van der Waals surface area contributed by atoms with Crippen molar-refractivity contribution in [1.82, 2.24) is 10.3 Å². The summed E-state index contributed by atoms with van der Waals surface area (Å²) in [7, 11) is 1.65. The second-order valence-electron chi connectivity index (χ2n) is 4.29. The number of aliphatic hydroxyl groups is 1. The number of hydrogen-bond acceptors (Lipinski definition) is 5. The van der Waals surface area contributed by atoms with Gasteiger partial charge in [0.05, 0.1) is 19.4 Å². The van der Waals surface area contributed by atoms with Crippen molar-refractivity contribution in [2.45, 2.75) is 19.4 Å². The molecule has 0 saturated carbocycles. The minimum Gasteiger partial charge on any atom is -0.492 e. The predicted octanol–water partition coefficient (Wildman–Crippen LogP) is 0.924. The Hall–Kier alpha value is -1.17. The van der Waals surface area contributed by atoms with Crippen LogP contribution in [0.4, 0.5) is 0 Å². The van der Waals surface area contributed by atoms with Gasteiger partial charge in [-0.25, -0.2) is 0 Å². The number of nitrogens with one attached hydrogen (secondary N) is 1. The van der Waals surface area contributed by atoms with Crippen molar-refractivity contribution in [3.05, 3.63) is 24.0 Å². The summed E-state index contributed by atoms with van der Waals surface area (Å²) in [5.74, 6) is 0.673. The summed E-state index contributed by atoms with van der Waals surface area (Å²) in [6.45, 7) is 6.00. The van der Waals surface area contributed by atoms with Gasteiger partial charge in [-0.3, -0.25) is 4.98 Å². The third-order valence-electron chi connectivity index (χ3n) is 2.60. The van der Waals surface area contributed by atoms with Crippen molar-refractivity contribution in [2.24, 2.45) is 0 Å². The quantitative estimate of drug-likeness (QED) is 0.676. The molecule has 1 unspecified atom stereocenters. The van der Waals surface area contributed by atoms with E-state index in [2.05, 4.69) is 10.3 Å². The van der Waals surface area contributed by atoms with Gasteiger partial charge in [0.1, 0.15) is 11.4 Å². The van der Waals surface area contributed by atoms with Crippen molar-refractivity contribution in [1.29, 1.82) is 0 Å². The average Bonchev–Trinajstić information content (AvgIpc) is 2.36. The molecule has 0 aromatic carbocycles. The highest BCUT2D eigenvalue weighted by Crippen LogP contribution is 2.22. The average molecular weight is 254 g/mol. The molecule has 0 aliphatic carbocycles. The van der Waals surface area contributed by atoms with Crippen LogP contribution in [-0.4, -0.2) is 43.5 Å². The summed E-state index contributed by atoms with van der Waals surface area (Å²) in [6, 6.07) is 1.81. The smallest absolute Gasteiger partial charge is 0.137 e. The van der Waals surface area contributed by atoms with Crippen LogP contribution in [0.25, 0.3) is 0 Å². The zero-order valence-electron chi connectivity index (χ0n) is 11.3. The number of pyridine rings is 1. The van der Waals surface area contributed by atoms with Crippen LogP contribution in [-0.2, 0) is 10.3 Å². The molecule has 0 spiro atoms. The van der Waals surface area contributed by atoms with Gasteiger partial charge in [-0.05, 0) is 19.9 Å². The molecule has 0 radical (unpaired) electrons. The van der Waals surface area contributed by atoms with Gasteiger partial charge in [0.2, 0.25) is 0 Å². The van der Waals surface area contributed by atoms with E-state index in [1.54, 1.807) is 26.4 Å². The number of hydrogen-bond donors (Lipinski definition) is 2.